The molecule has 12 nitrogen and oxygen atoms in total. The van der Waals surface area contributed by atoms with Gasteiger partial charge in [0.25, 0.3) is 5.54 Å². The number of carbonyl (C=O) groups is 4. The van der Waals surface area contributed by atoms with E-state index in [1.807, 2.05) is 0 Å². The summed E-state index contributed by atoms with van der Waals surface area (Å²) in [5.41, 5.74) is 6.85. The molecule has 0 rings (SSSR count). The van der Waals surface area contributed by atoms with Crippen molar-refractivity contribution >= 4 is 30.1 Å². The van der Waals surface area contributed by atoms with Crippen molar-refractivity contribution in [2.45, 2.75) is 18.4 Å². The molecule has 0 aliphatic heterocycles. The highest BCUT2D eigenvalue weighted by Gasteiger charge is 2.57. The quantitative estimate of drug-likeness (QED) is 0.140. The molecular weight excluding hydrogens is 292 g/mol. The fraction of sp³-hybridized carbons (Fsp3) is 0.444. The van der Waals surface area contributed by atoms with Gasteiger partial charge in [-0.3, -0.25) is 4.99 Å². The zero-order valence-corrected chi connectivity index (χ0v) is 10.6. The first-order chi connectivity index (χ1) is 9.57. The summed E-state index contributed by atoms with van der Waals surface area (Å²) in [7, 11) is 0. The predicted octanol–water partition coefficient (Wildman–Crippen LogP) is -1.39. The number of carboxylic acid groups (broad SMARTS) is 4. The molecule has 0 saturated carbocycles. The van der Waals surface area contributed by atoms with Crippen LogP contribution in [0.1, 0.15) is 12.8 Å². The Morgan fingerprint density at radius 1 is 0.952 bits per heavy atom. The summed E-state index contributed by atoms with van der Waals surface area (Å²) in [5, 5.41) is 35.6. The van der Waals surface area contributed by atoms with E-state index in [9.17, 15) is 19.2 Å². The van der Waals surface area contributed by atoms with Crippen molar-refractivity contribution in [3.05, 3.63) is 0 Å². The summed E-state index contributed by atoms with van der Waals surface area (Å²) in [6.45, 7) is -0.197. The van der Waals surface area contributed by atoms with Crippen LogP contribution in [0.25, 0.3) is 0 Å². The molecule has 0 aromatic rings. The monoisotopic (exact) mass is 306 g/mol. The van der Waals surface area contributed by atoms with Gasteiger partial charge in [-0.05, 0) is 12.8 Å². The Hall–Kier alpha value is -3.05. The van der Waals surface area contributed by atoms with Crippen LogP contribution in [0.5, 0.6) is 0 Å². The molecule has 0 aliphatic carbocycles. The first-order valence-corrected chi connectivity index (χ1v) is 5.35. The van der Waals surface area contributed by atoms with Crippen LogP contribution < -0.4 is 11.5 Å². The first-order valence-electron chi connectivity index (χ1n) is 5.35. The van der Waals surface area contributed by atoms with E-state index in [4.69, 9.17) is 31.9 Å². The average molecular weight is 306 g/mol. The number of nitrogens with two attached hydrogens (primary N) is 2. The number of carboxylic acids is 2. The van der Waals surface area contributed by atoms with Gasteiger partial charge in [0.05, 0.1) is 0 Å². The van der Waals surface area contributed by atoms with Gasteiger partial charge in [0.15, 0.2) is 5.96 Å². The molecule has 0 aliphatic rings. The number of guanidine groups is 1. The number of hydrogen-bond acceptors (Lipinski definition) is 5. The molecular formula is C9H14N4O8. The van der Waals surface area contributed by atoms with Gasteiger partial charge in [-0.15, -0.1) is 0 Å². The van der Waals surface area contributed by atoms with Gasteiger partial charge in [0, 0.05) is 6.54 Å². The lowest BCUT2D eigenvalue weighted by molar-refractivity contribution is -0.165. The van der Waals surface area contributed by atoms with E-state index in [-0.39, 0.29) is 18.9 Å². The number of nitrogens with zero attached hydrogens (tertiary/aromatic N) is 2. The third-order valence-electron chi connectivity index (χ3n) is 2.46. The minimum absolute atomic E-state index is 0.197. The van der Waals surface area contributed by atoms with E-state index >= 15 is 0 Å². The summed E-state index contributed by atoms with van der Waals surface area (Å²) in [4.78, 5) is 47.0. The summed E-state index contributed by atoms with van der Waals surface area (Å²) < 4.78 is 0. The van der Waals surface area contributed by atoms with Gasteiger partial charge in [0.2, 0.25) is 0 Å². The van der Waals surface area contributed by atoms with E-state index < -0.39 is 41.0 Å². The molecule has 118 valence electrons. The van der Waals surface area contributed by atoms with Crippen molar-refractivity contribution in [3.8, 4) is 0 Å². The second-order valence-electron chi connectivity index (χ2n) is 3.78. The van der Waals surface area contributed by atoms with Gasteiger partial charge in [0.1, 0.15) is 0 Å². The Kier molecular flexibility index (Phi) is 5.92. The first kappa shape index (κ1) is 17.9. The number of hydrogen-bond donors (Lipinski definition) is 6. The third kappa shape index (κ3) is 3.95. The van der Waals surface area contributed by atoms with Crippen LogP contribution in [0.15, 0.2) is 4.99 Å². The van der Waals surface area contributed by atoms with Crippen molar-refractivity contribution in [1.29, 1.82) is 0 Å². The fourth-order valence-electron chi connectivity index (χ4n) is 1.56. The van der Waals surface area contributed by atoms with Crippen LogP contribution in [0.3, 0.4) is 0 Å². The van der Waals surface area contributed by atoms with Gasteiger partial charge in [-0.1, -0.05) is 0 Å². The average Bonchev–Trinajstić information content (AvgIpc) is 2.30. The maximum absolute atomic E-state index is 11.2. The maximum atomic E-state index is 11.2. The Balaban J connectivity index is 5.60. The van der Waals surface area contributed by atoms with Crippen LogP contribution in [0.2, 0.25) is 0 Å². The maximum Gasteiger partial charge on any atom is 0.418 e. The Labute approximate surface area is 117 Å². The Morgan fingerprint density at radius 2 is 1.38 bits per heavy atom. The fourth-order valence-corrected chi connectivity index (χ4v) is 1.56. The van der Waals surface area contributed by atoms with Gasteiger partial charge >= 0.3 is 24.1 Å². The molecule has 0 unspecified atom stereocenters. The Morgan fingerprint density at radius 3 is 1.67 bits per heavy atom. The van der Waals surface area contributed by atoms with Crippen LogP contribution in [-0.4, -0.2) is 67.5 Å². The molecule has 0 aromatic carbocycles. The van der Waals surface area contributed by atoms with E-state index in [0.29, 0.717) is 0 Å². The third-order valence-corrected chi connectivity index (χ3v) is 2.46. The lowest BCUT2D eigenvalue weighted by atomic mass is 9.91. The van der Waals surface area contributed by atoms with E-state index in [1.165, 1.54) is 0 Å². The molecule has 0 atom stereocenters. The van der Waals surface area contributed by atoms with Crippen molar-refractivity contribution < 1.29 is 39.6 Å². The molecule has 2 amide bonds. The molecule has 0 saturated heterocycles. The highest BCUT2D eigenvalue weighted by molar-refractivity contribution is 6.09. The second-order valence-corrected chi connectivity index (χ2v) is 3.78. The van der Waals surface area contributed by atoms with Gasteiger partial charge < -0.3 is 31.9 Å². The molecule has 12 heteroatoms. The van der Waals surface area contributed by atoms with E-state index in [1.54, 1.807) is 0 Å². The largest absolute Gasteiger partial charge is 0.479 e. The minimum Gasteiger partial charge on any atom is -0.479 e. The number of aliphatic carboxylic acids is 2. The molecule has 0 aromatic heterocycles. The molecule has 0 bridgehead atoms. The van der Waals surface area contributed by atoms with Gasteiger partial charge in [-0.2, -0.15) is 4.90 Å². The topological polar surface area (TPSA) is 217 Å². The Bertz CT molecular complexity index is 456. The number of aliphatic imine (C=N–C) groups is 1. The number of imide groups is 1. The SMILES string of the molecule is NC(N)=NCCCC(C(=O)O)(C(=O)O)N(C(=O)O)C(=O)O. The summed E-state index contributed by atoms with van der Waals surface area (Å²) in [5.74, 6) is -4.60. The van der Waals surface area contributed by atoms with Crippen molar-refractivity contribution in [3.63, 3.8) is 0 Å². The van der Waals surface area contributed by atoms with Crippen LogP contribution >= 0.6 is 0 Å². The standard InChI is InChI=1S/C9H14N4O8/c10-6(11)12-3-1-2-9(4(14)15,5(16)17)13(7(18)19)8(20)21/h1-3H2,(H,14,15)(H,16,17)(H,18,19)(H,20,21)(H4,10,11,12). The number of amides is 2. The molecule has 0 fully saturated rings. The molecule has 0 heterocycles. The molecule has 0 radical (unpaired) electrons. The summed E-state index contributed by atoms with van der Waals surface area (Å²) in [6, 6.07) is 0. The van der Waals surface area contributed by atoms with Crippen molar-refractivity contribution in [2.75, 3.05) is 6.54 Å². The van der Waals surface area contributed by atoms with Crippen LogP contribution in [-0.2, 0) is 9.59 Å². The second kappa shape index (κ2) is 6.93. The molecule has 21 heavy (non-hydrogen) atoms. The smallest absolute Gasteiger partial charge is 0.418 e. The van der Waals surface area contributed by atoms with Crippen molar-refractivity contribution in [1.82, 2.24) is 4.90 Å². The lowest BCUT2D eigenvalue weighted by Gasteiger charge is -2.31. The van der Waals surface area contributed by atoms with E-state index in [2.05, 4.69) is 4.99 Å². The normalized spacial score (nSPS) is 10.5. The van der Waals surface area contributed by atoms with Gasteiger partial charge in [-0.25, -0.2) is 19.2 Å². The predicted molar refractivity (Wildman–Crippen MR) is 65.8 cm³/mol. The van der Waals surface area contributed by atoms with E-state index in [0.717, 1.165) is 0 Å². The molecule has 8 N–H and O–H groups in total. The summed E-state index contributed by atoms with van der Waals surface area (Å²) >= 11 is 0. The van der Waals surface area contributed by atoms with Crippen LogP contribution in [0, 0.1) is 0 Å². The van der Waals surface area contributed by atoms with Crippen LogP contribution in [0.4, 0.5) is 9.59 Å². The summed E-state index contributed by atoms with van der Waals surface area (Å²) in [6.07, 6.45) is -5.57. The molecule has 0 spiro atoms. The zero-order chi connectivity index (χ0) is 16.8. The lowest BCUT2D eigenvalue weighted by Crippen LogP contribution is -2.63. The minimum atomic E-state index is -3.18. The highest BCUT2D eigenvalue weighted by atomic mass is 16.4. The zero-order valence-electron chi connectivity index (χ0n) is 10.6. The number of rotatable bonds is 7. The highest BCUT2D eigenvalue weighted by Crippen LogP contribution is 2.24. The van der Waals surface area contributed by atoms with Crippen molar-refractivity contribution in [2.24, 2.45) is 16.5 Å².